The molecule has 1 heterocycles. The van der Waals surface area contributed by atoms with Crippen LogP contribution in [0.4, 0.5) is 10.5 Å². The van der Waals surface area contributed by atoms with Crippen LogP contribution in [0.3, 0.4) is 0 Å². The lowest BCUT2D eigenvalue weighted by Crippen LogP contribution is -2.38. The number of carbonyl (C=O) groups excluding carboxylic acids is 2. The first-order chi connectivity index (χ1) is 11.6. The lowest BCUT2D eigenvalue weighted by atomic mass is 9.76. The van der Waals surface area contributed by atoms with E-state index >= 15 is 0 Å². The van der Waals surface area contributed by atoms with Crippen LogP contribution in [0.2, 0.25) is 0 Å². The van der Waals surface area contributed by atoms with Crippen molar-refractivity contribution in [2.45, 2.75) is 39.0 Å². The fraction of sp³-hybridized carbons (Fsp3) is 0.579. The van der Waals surface area contributed by atoms with Crippen LogP contribution < -0.4 is 10.6 Å². The van der Waals surface area contributed by atoms with Gasteiger partial charge in [-0.1, -0.05) is 38.0 Å². The Bertz CT molecular complexity index is 623. The smallest absolute Gasteiger partial charge is 0.321 e. The number of hydrogen-bond donors (Lipinski definition) is 2. The van der Waals surface area contributed by atoms with Crippen molar-refractivity contribution in [1.82, 2.24) is 10.2 Å². The van der Waals surface area contributed by atoms with Crippen LogP contribution in [0, 0.1) is 11.3 Å². The lowest BCUT2D eigenvalue weighted by Gasteiger charge is -2.28. The van der Waals surface area contributed by atoms with E-state index in [0.29, 0.717) is 13.1 Å². The molecule has 3 rings (SSSR count). The molecule has 1 saturated heterocycles. The standard InChI is InChI=1S/C19H27N3O2/c1-3-14-8-4-5-9-16(14)21-18(24)22-12-15(17(23)20-2)19(13-22)10-6-7-11-19/h4-5,8-9,15H,3,6-7,10-13H2,1-2H3,(H,20,23)(H,21,24)/t15-/m0/s1. The highest BCUT2D eigenvalue weighted by Crippen LogP contribution is 2.49. The van der Waals surface area contributed by atoms with Crippen LogP contribution in [-0.2, 0) is 11.2 Å². The van der Waals surface area contributed by atoms with Gasteiger partial charge >= 0.3 is 6.03 Å². The van der Waals surface area contributed by atoms with Gasteiger partial charge in [-0.15, -0.1) is 0 Å². The van der Waals surface area contributed by atoms with Crippen molar-refractivity contribution in [3.8, 4) is 0 Å². The van der Waals surface area contributed by atoms with E-state index in [4.69, 9.17) is 0 Å². The van der Waals surface area contributed by atoms with Gasteiger partial charge in [-0.25, -0.2) is 4.79 Å². The monoisotopic (exact) mass is 329 g/mol. The first kappa shape index (κ1) is 16.8. The minimum atomic E-state index is -0.0893. The van der Waals surface area contributed by atoms with Crippen molar-refractivity contribution in [3.05, 3.63) is 29.8 Å². The Morgan fingerprint density at radius 3 is 2.62 bits per heavy atom. The number of likely N-dealkylation sites (tertiary alicyclic amines) is 1. The third-order valence-corrected chi connectivity index (χ3v) is 5.74. The van der Waals surface area contributed by atoms with Crippen LogP contribution in [-0.4, -0.2) is 37.0 Å². The van der Waals surface area contributed by atoms with Gasteiger partial charge in [0.1, 0.15) is 0 Å². The quantitative estimate of drug-likeness (QED) is 0.895. The molecule has 1 aromatic rings. The third-order valence-electron chi connectivity index (χ3n) is 5.74. The predicted molar refractivity (Wildman–Crippen MR) is 94.9 cm³/mol. The summed E-state index contributed by atoms with van der Waals surface area (Å²) in [6.07, 6.45) is 5.27. The Hall–Kier alpha value is -2.04. The molecule has 1 spiro atoms. The summed E-state index contributed by atoms with van der Waals surface area (Å²) in [4.78, 5) is 26.9. The zero-order valence-electron chi connectivity index (χ0n) is 14.6. The molecular formula is C19H27N3O2. The van der Waals surface area contributed by atoms with E-state index in [-0.39, 0.29) is 23.3 Å². The minimum Gasteiger partial charge on any atom is -0.359 e. The van der Waals surface area contributed by atoms with E-state index < -0.39 is 0 Å². The van der Waals surface area contributed by atoms with Crippen molar-refractivity contribution in [1.29, 1.82) is 0 Å². The molecule has 24 heavy (non-hydrogen) atoms. The molecule has 0 unspecified atom stereocenters. The summed E-state index contributed by atoms with van der Waals surface area (Å²) in [5.41, 5.74) is 1.97. The molecule has 0 bridgehead atoms. The number of aryl methyl sites for hydroxylation is 1. The molecule has 1 saturated carbocycles. The number of hydrogen-bond acceptors (Lipinski definition) is 2. The van der Waals surface area contributed by atoms with E-state index in [0.717, 1.165) is 43.4 Å². The van der Waals surface area contributed by atoms with Crippen LogP contribution in [0.15, 0.2) is 24.3 Å². The van der Waals surface area contributed by atoms with Crippen molar-refractivity contribution >= 4 is 17.6 Å². The zero-order chi connectivity index (χ0) is 17.2. The number of benzene rings is 1. The van der Waals surface area contributed by atoms with E-state index in [2.05, 4.69) is 17.6 Å². The Morgan fingerprint density at radius 1 is 1.25 bits per heavy atom. The highest BCUT2D eigenvalue weighted by atomic mass is 16.2. The zero-order valence-corrected chi connectivity index (χ0v) is 14.6. The molecule has 2 fully saturated rings. The van der Waals surface area contributed by atoms with Gasteiger partial charge in [0.15, 0.2) is 0 Å². The Labute approximate surface area is 143 Å². The van der Waals surface area contributed by atoms with Gasteiger partial charge in [0.25, 0.3) is 0 Å². The van der Waals surface area contributed by atoms with Crippen LogP contribution in [0.1, 0.15) is 38.2 Å². The fourth-order valence-corrected chi connectivity index (χ4v) is 4.39. The third kappa shape index (κ3) is 2.99. The van der Waals surface area contributed by atoms with Gasteiger partial charge in [0.05, 0.1) is 5.92 Å². The second-order valence-electron chi connectivity index (χ2n) is 7.06. The maximum atomic E-state index is 12.8. The molecule has 0 aromatic heterocycles. The van der Waals surface area contributed by atoms with Gasteiger partial charge in [-0.3, -0.25) is 4.79 Å². The molecule has 1 aliphatic carbocycles. The van der Waals surface area contributed by atoms with E-state index in [1.807, 2.05) is 29.2 Å². The average molecular weight is 329 g/mol. The SMILES string of the molecule is CCc1ccccc1NC(=O)N1C[C@@H](C(=O)NC)C2(CCCC2)C1. The summed E-state index contributed by atoms with van der Waals surface area (Å²) in [5.74, 6) is -0.0154. The molecule has 5 heteroatoms. The number of anilines is 1. The number of amides is 3. The average Bonchev–Trinajstić information content (AvgIpc) is 3.22. The Balaban J connectivity index is 1.75. The highest BCUT2D eigenvalue weighted by Gasteiger charge is 2.52. The topological polar surface area (TPSA) is 61.4 Å². The number of nitrogens with one attached hydrogen (secondary N) is 2. The van der Waals surface area contributed by atoms with Crippen molar-refractivity contribution in [2.75, 3.05) is 25.5 Å². The predicted octanol–water partition coefficient (Wildman–Crippen LogP) is 3.02. The summed E-state index contributed by atoms with van der Waals surface area (Å²) in [6.45, 7) is 3.28. The van der Waals surface area contributed by atoms with E-state index in [1.54, 1.807) is 7.05 Å². The minimum absolute atomic E-state index is 0.0261. The summed E-state index contributed by atoms with van der Waals surface area (Å²) in [7, 11) is 1.69. The van der Waals surface area contributed by atoms with E-state index in [1.165, 1.54) is 0 Å². The first-order valence-corrected chi connectivity index (χ1v) is 8.95. The molecule has 1 aromatic carbocycles. The van der Waals surface area contributed by atoms with Crippen LogP contribution >= 0.6 is 0 Å². The number of carbonyl (C=O) groups is 2. The van der Waals surface area contributed by atoms with Crippen molar-refractivity contribution in [3.63, 3.8) is 0 Å². The molecule has 2 N–H and O–H groups in total. The molecular weight excluding hydrogens is 302 g/mol. The normalized spacial score (nSPS) is 21.9. The van der Waals surface area contributed by atoms with Gasteiger partial charge in [-0.2, -0.15) is 0 Å². The van der Waals surface area contributed by atoms with Gasteiger partial charge in [-0.05, 0) is 30.9 Å². The van der Waals surface area contributed by atoms with Gasteiger partial charge in [0.2, 0.25) is 5.91 Å². The largest absolute Gasteiger partial charge is 0.359 e. The Morgan fingerprint density at radius 2 is 1.96 bits per heavy atom. The molecule has 1 aliphatic heterocycles. The molecule has 1 atom stereocenters. The highest BCUT2D eigenvalue weighted by molar-refractivity contribution is 5.91. The summed E-state index contributed by atoms with van der Waals surface area (Å²) in [5, 5.41) is 5.83. The fourth-order valence-electron chi connectivity index (χ4n) is 4.39. The number of urea groups is 1. The van der Waals surface area contributed by atoms with Crippen molar-refractivity contribution in [2.24, 2.45) is 11.3 Å². The van der Waals surface area contributed by atoms with Gasteiger partial charge in [0, 0.05) is 31.2 Å². The van der Waals surface area contributed by atoms with Gasteiger partial charge < -0.3 is 15.5 Å². The molecule has 130 valence electrons. The first-order valence-electron chi connectivity index (χ1n) is 8.95. The summed E-state index contributed by atoms with van der Waals surface area (Å²) < 4.78 is 0. The maximum absolute atomic E-state index is 12.8. The number of para-hydroxylation sites is 1. The maximum Gasteiger partial charge on any atom is 0.321 e. The van der Waals surface area contributed by atoms with Crippen molar-refractivity contribution < 1.29 is 9.59 Å². The summed E-state index contributed by atoms with van der Waals surface area (Å²) >= 11 is 0. The molecule has 5 nitrogen and oxygen atoms in total. The summed E-state index contributed by atoms with van der Waals surface area (Å²) in [6, 6.07) is 7.80. The van der Waals surface area contributed by atoms with Crippen LogP contribution in [0.5, 0.6) is 0 Å². The van der Waals surface area contributed by atoms with Crippen LogP contribution in [0.25, 0.3) is 0 Å². The second kappa shape index (κ2) is 6.83. The molecule has 0 radical (unpaired) electrons. The number of rotatable bonds is 3. The second-order valence-corrected chi connectivity index (χ2v) is 7.06. The molecule has 2 aliphatic rings. The number of nitrogens with zero attached hydrogens (tertiary/aromatic N) is 1. The lowest BCUT2D eigenvalue weighted by molar-refractivity contribution is -0.127. The molecule has 3 amide bonds. The van der Waals surface area contributed by atoms with E-state index in [9.17, 15) is 9.59 Å². The Kier molecular flexibility index (Phi) is 4.78.